The first-order chi connectivity index (χ1) is 18.0. The molecular formula is C28H24FN3O4S. The summed E-state index contributed by atoms with van der Waals surface area (Å²) >= 11 is 1.38. The lowest BCUT2D eigenvalue weighted by atomic mass is 9.87. The molecule has 0 bridgehead atoms. The maximum absolute atomic E-state index is 13.7. The van der Waals surface area contributed by atoms with Crippen molar-refractivity contribution in [3.63, 3.8) is 0 Å². The Morgan fingerprint density at radius 1 is 1.16 bits per heavy atom. The number of benzene rings is 2. The van der Waals surface area contributed by atoms with Gasteiger partial charge in [0.15, 0.2) is 5.76 Å². The second-order valence-electron chi connectivity index (χ2n) is 9.20. The third-order valence-electron chi connectivity index (χ3n) is 6.58. The van der Waals surface area contributed by atoms with Gasteiger partial charge >= 0.3 is 0 Å². The van der Waals surface area contributed by atoms with Crippen molar-refractivity contribution in [2.75, 3.05) is 6.54 Å². The average molecular weight is 518 g/mol. The Bertz CT molecular complexity index is 1430. The minimum atomic E-state index is -0.428. The van der Waals surface area contributed by atoms with Crippen molar-refractivity contribution in [1.82, 2.24) is 15.2 Å². The summed E-state index contributed by atoms with van der Waals surface area (Å²) in [5.74, 6) is 0.165. The highest BCUT2D eigenvalue weighted by atomic mass is 32.1. The molecule has 9 heteroatoms. The Morgan fingerprint density at radius 2 is 2.00 bits per heavy atom. The van der Waals surface area contributed by atoms with Gasteiger partial charge < -0.3 is 19.4 Å². The van der Waals surface area contributed by atoms with Gasteiger partial charge in [-0.3, -0.25) is 9.59 Å². The summed E-state index contributed by atoms with van der Waals surface area (Å²) in [7, 11) is 0. The van der Waals surface area contributed by atoms with Crippen molar-refractivity contribution in [2.45, 2.75) is 38.0 Å². The lowest BCUT2D eigenvalue weighted by Gasteiger charge is -2.37. The number of rotatable bonds is 7. The number of carbonyl (C=O) groups excluding carboxylic acids is 2. The van der Waals surface area contributed by atoms with Crippen LogP contribution in [0.5, 0.6) is 5.75 Å². The molecule has 1 aliphatic carbocycles. The van der Waals surface area contributed by atoms with Gasteiger partial charge in [-0.1, -0.05) is 18.2 Å². The van der Waals surface area contributed by atoms with Crippen molar-refractivity contribution >= 4 is 23.2 Å². The van der Waals surface area contributed by atoms with E-state index in [-0.39, 0.29) is 36.0 Å². The van der Waals surface area contributed by atoms with Crippen molar-refractivity contribution < 1.29 is 23.1 Å². The molecule has 0 unspecified atom stereocenters. The first-order valence-corrected chi connectivity index (χ1v) is 13.0. The van der Waals surface area contributed by atoms with Crippen LogP contribution in [0.2, 0.25) is 0 Å². The Hall–Kier alpha value is -3.98. The van der Waals surface area contributed by atoms with E-state index in [0.29, 0.717) is 29.4 Å². The van der Waals surface area contributed by atoms with Crippen LogP contribution < -0.4 is 10.1 Å². The summed E-state index contributed by atoms with van der Waals surface area (Å²) in [6.45, 7) is 0.718. The molecule has 0 spiro atoms. The van der Waals surface area contributed by atoms with Crippen LogP contribution in [0.4, 0.5) is 4.39 Å². The minimum absolute atomic E-state index is 0.151. The number of fused-ring (bicyclic) bond motifs is 1. The molecule has 0 saturated heterocycles. The van der Waals surface area contributed by atoms with E-state index in [0.717, 1.165) is 29.5 Å². The Morgan fingerprint density at radius 3 is 2.76 bits per heavy atom. The number of nitrogens with one attached hydrogen (secondary N) is 1. The monoisotopic (exact) mass is 517 g/mol. The third-order valence-corrected chi connectivity index (χ3v) is 7.41. The highest BCUT2D eigenvalue weighted by Crippen LogP contribution is 2.38. The highest BCUT2D eigenvalue weighted by Gasteiger charge is 2.34. The summed E-state index contributed by atoms with van der Waals surface area (Å²) in [4.78, 5) is 31.7. The second-order valence-corrected chi connectivity index (χ2v) is 10.1. The fourth-order valence-corrected chi connectivity index (χ4v) is 5.25. The molecule has 188 valence electrons. The molecular weight excluding hydrogens is 493 g/mol. The fourth-order valence-electron chi connectivity index (χ4n) is 4.56. The number of hydrogen-bond acceptors (Lipinski definition) is 6. The topological polar surface area (TPSA) is 84.7 Å². The minimum Gasteiger partial charge on any atom is -0.486 e. The molecule has 2 aromatic carbocycles. The fraction of sp³-hybridized carbons (Fsp3) is 0.250. The molecule has 1 aliphatic heterocycles. The molecule has 2 aromatic heterocycles. The molecule has 0 radical (unpaired) electrons. The molecule has 6 rings (SSSR count). The number of carbonyl (C=O) groups is 2. The Kier molecular flexibility index (Phi) is 6.21. The summed E-state index contributed by atoms with van der Waals surface area (Å²) in [5, 5.41) is 5.38. The van der Waals surface area contributed by atoms with Crippen LogP contribution in [0.3, 0.4) is 0 Å². The van der Waals surface area contributed by atoms with Crippen molar-refractivity contribution in [3.05, 3.63) is 105 Å². The normalized spacial score (nSPS) is 16.8. The molecule has 1 atom stereocenters. The molecule has 2 amide bonds. The van der Waals surface area contributed by atoms with Crippen LogP contribution in [0.25, 0.3) is 0 Å². The zero-order chi connectivity index (χ0) is 25.4. The summed E-state index contributed by atoms with van der Waals surface area (Å²) in [6, 6.07) is 15.2. The van der Waals surface area contributed by atoms with Crippen molar-refractivity contribution in [2.24, 2.45) is 0 Å². The maximum Gasteiger partial charge on any atom is 0.290 e. The van der Waals surface area contributed by atoms with Gasteiger partial charge in [0.25, 0.3) is 11.8 Å². The van der Waals surface area contributed by atoms with Gasteiger partial charge in [-0.25, -0.2) is 9.37 Å². The summed E-state index contributed by atoms with van der Waals surface area (Å²) in [6.07, 6.45) is 4.19. The van der Waals surface area contributed by atoms with E-state index in [1.807, 2.05) is 18.2 Å². The van der Waals surface area contributed by atoms with Gasteiger partial charge in [0.2, 0.25) is 0 Å². The van der Waals surface area contributed by atoms with E-state index in [2.05, 4.69) is 10.3 Å². The molecule has 7 nitrogen and oxygen atoms in total. The first-order valence-electron chi connectivity index (χ1n) is 12.2. The van der Waals surface area contributed by atoms with E-state index in [4.69, 9.17) is 9.15 Å². The van der Waals surface area contributed by atoms with E-state index in [9.17, 15) is 14.0 Å². The van der Waals surface area contributed by atoms with Crippen molar-refractivity contribution in [3.8, 4) is 5.75 Å². The molecule has 37 heavy (non-hydrogen) atoms. The SMILES string of the molecule is O=C(NC1CC1)c1csc(COc2ccc3c(c2)[C@@H](c2ccc(F)cc2)N(C(=O)c2ccco2)CC3)n1. The van der Waals surface area contributed by atoms with E-state index in [1.54, 1.807) is 34.5 Å². The molecule has 3 heterocycles. The van der Waals surface area contributed by atoms with Gasteiger partial charge in [0.1, 0.15) is 28.9 Å². The quantitative estimate of drug-likeness (QED) is 0.367. The van der Waals surface area contributed by atoms with E-state index >= 15 is 0 Å². The number of amides is 2. The second kappa shape index (κ2) is 9.82. The number of hydrogen-bond donors (Lipinski definition) is 1. The Labute approximate surface area is 216 Å². The van der Waals surface area contributed by atoms with Crippen LogP contribution in [0, 0.1) is 5.82 Å². The van der Waals surface area contributed by atoms with Gasteiger partial charge in [-0.15, -0.1) is 11.3 Å². The van der Waals surface area contributed by atoms with E-state index in [1.165, 1.54) is 29.7 Å². The maximum atomic E-state index is 13.7. The molecule has 1 N–H and O–H groups in total. The first kappa shape index (κ1) is 23.4. The standard InChI is InChI=1S/C28H24FN3O4S/c29-19-6-3-18(4-7-19)26-22-14-21(36-15-25-31-23(16-37-25)27(33)30-20-8-9-20)10-5-17(22)11-12-32(26)28(34)24-2-1-13-35-24/h1-7,10,13-14,16,20,26H,8-9,11-12,15H2,(H,30,33)/t26-/m1/s1. The molecule has 1 saturated carbocycles. The number of aromatic nitrogens is 1. The number of furan rings is 1. The predicted molar refractivity (Wildman–Crippen MR) is 135 cm³/mol. The lowest BCUT2D eigenvalue weighted by molar-refractivity contribution is 0.0661. The molecule has 4 aromatic rings. The van der Waals surface area contributed by atoms with Crippen LogP contribution in [0.1, 0.15) is 61.6 Å². The van der Waals surface area contributed by atoms with E-state index < -0.39 is 6.04 Å². The number of halogens is 1. The Balaban J connectivity index is 1.25. The smallest absolute Gasteiger partial charge is 0.290 e. The van der Waals surface area contributed by atoms with Crippen molar-refractivity contribution in [1.29, 1.82) is 0 Å². The molecule has 2 aliphatic rings. The van der Waals surface area contributed by atoms with Crippen LogP contribution in [-0.2, 0) is 13.0 Å². The predicted octanol–water partition coefficient (Wildman–Crippen LogP) is 5.13. The van der Waals surface area contributed by atoms with Crippen LogP contribution >= 0.6 is 11.3 Å². The van der Waals surface area contributed by atoms with Crippen LogP contribution in [0.15, 0.2) is 70.7 Å². The van der Waals surface area contributed by atoms with Gasteiger partial charge in [0.05, 0.1) is 12.3 Å². The van der Waals surface area contributed by atoms with Gasteiger partial charge in [-0.05, 0) is 72.4 Å². The zero-order valence-electron chi connectivity index (χ0n) is 19.9. The van der Waals surface area contributed by atoms with Gasteiger partial charge in [-0.2, -0.15) is 0 Å². The highest BCUT2D eigenvalue weighted by molar-refractivity contribution is 7.09. The lowest BCUT2D eigenvalue weighted by Crippen LogP contribution is -2.40. The third kappa shape index (κ3) is 4.99. The summed E-state index contributed by atoms with van der Waals surface area (Å²) < 4.78 is 25.2. The average Bonchev–Trinajstić information content (AvgIpc) is 3.35. The zero-order valence-corrected chi connectivity index (χ0v) is 20.7. The van der Waals surface area contributed by atoms with Gasteiger partial charge in [0, 0.05) is 18.0 Å². The largest absolute Gasteiger partial charge is 0.486 e. The number of ether oxygens (including phenoxy) is 1. The molecule has 1 fully saturated rings. The summed E-state index contributed by atoms with van der Waals surface area (Å²) in [5.41, 5.74) is 3.22. The number of thiazole rings is 1. The number of nitrogens with zero attached hydrogens (tertiary/aromatic N) is 2. The van der Waals surface area contributed by atoms with Crippen LogP contribution in [-0.4, -0.2) is 34.3 Å².